The van der Waals surface area contributed by atoms with E-state index in [-0.39, 0.29) is 11.4 Å². The standard InChI is InChI=1S/C11H9BrN2O2/c1-7-2-3-8(12)6-9(7)16-11-10(15)13-4-5-14-11/h2-6H,1H3,(H,13,15). The first-order chi connectivity index (χ1) is 7.66. The van der Waals surface area contributed by atoms with E-state index >= 15 is 0 Å². The molecule has 1 aromatic heterocycles. The Hall–Kier alpha value is -1.62. The van der Waals surface area contributed by atoms with Gasteiger partial charge in [-0.15, -0.1) is 0 Å². The SMILES string of the molecule is Cc1ccc(Br)cc1Oc1ncc[nH]c1=O. The summed E-state index contributed by atoms with van der Waals surface area (Å²) in [6.07, 6.45) is 2.94. The van der Waals surface area contributed by atoms with E-state index in [0.717, 1.165) is 10.0 Å². The van der Waals surface area contributed by atoms with E-state index in [9.17, 15) is 4.79 Å². The van der Waals surface area contributed by atoms with Crippen molar-refractivity contribution in [1.29, 1.82) is 0 Å². The van der Waals surface area contributed by atoms with Crippen LogP contribution in [0.4, 0.5) is 0 Å². The van der Waals surface area contributed by atoms with Gasteiger partial charge in [-0.3, -0.25) is 4.79 Å². The smallest absolute Gasteiger partial charge is 0.311 e. The van der Waals surface area contributed by atoms with Crippen LogP contribution in [0.2, 0.25) is 0 Å². The number of benzene rings is 1. The number of halogens is 1. The Balaban J connectivity index is 2.38. The van der Waals surface area contributed by atoms with E-state index in [1.165, 1.54) is 12.4 Å². The van der Waals surface area contributed by atoms with Gasteiger partial charge in [0.25, 0.3) is 5.88 Å². The lowest BCUT2D eigenvalue weighted by atomic mass is 10.2. The van der Waals surface area contributed by atoms with Crippen LogP contribution in [0.15, 0.2) is 39.9 Å². The number of hydrogen-bond acceptors (Lipinski definition) is 3. The van der Waals surface area contributed by atoms with Crippen molar-refractivity contribution in [3.8, 4) is 11.6 Å². The molecule has 0 fully saturated rings. The van der Waals surface area contributed by atoms with Crippen molar-refractivity contribution in [1.82, 2.24) is 9.97 Å². The summed E-state index contributed by atoms with van der Waals surface area (Å²) in [5.74, 6) is 0.655. The quantitative estimate of drug-likeness (QED) is 0.920. The highest BCUT2D eigenvalue weighted by Gasteiger charge is 2.06. The van der Waals surface area contributed by atoms with Crippen LogP contribution in [0, 0.1) is 6.92 Å². The number of ether oxygens (including phenoxy) is 1. The monoisotopic (exact) mass is 280 g/mol. The molecule has 0 aliphatic heterocycles. The highest BCUT2D eigenvalue weighted by molar-refractivity contribution is 9.10. The zero-order valence-corrected chi connectivity index (χ0v) is 10.1. The largest absolute Gasteiger partial charge is 0.434 e. The van der Waals surface area contributed by atoms with Crippen LogP contribution in [0.3, 0.4) is 0 Å². The first kappa shape index (κ1) is 10.9. The van der Waals surface area contributed by atoms with Crippen LogP contribution >= 0.6 is 15.9 Å². The minimum Gasteiger partial charge on any atom is -0.434 e. The van der Waals surface area contributed by atoms with Crippen LogP contribution in [0.1, 0.15) is 5.56 Å². The van der Waals surface area contributed by atoms with Crippen molar-refractivity contribution in [3.63, 3.8) is 0 Å². The van der Waals surface area contributed by atoms with Crippen molar-refractivity contribution in [2.24, 2.45) is 0 Å². The average Bonchev–Trinajstić information content (AvgIpc) is 2.27. The zero-order chi connectivity index (χ0) is 11.5. The molecule has 2 aromatic rings. The lowest BCUT2D eigenvalue weighted by molar-refractivity contribution is 0.450. The van der Waals surface area contributed by atoms with Crippen molar-refractivity contribution in [2.75, 3.05) is 0 Å². The predicted molar refractivity (Wildman–Crippen MR) is 63.8 cm³/mol. The summed E-state index contributed by atoms with van der Waals surface area (Å²) >= 11 is 3.34. The number of rotatable bonds is 2. The van der Waals surface area contributed by atoms with Gasteiger partial charge < -0.3 is 9.72 Å². The van der Waals surface area contributed by atoms with Crippen molar-refractivity contribution < 1.29 is 4.74 Å². The Morgan fingerprint density at radius 2 is 2.25 bits per heavy atom. The summed E-state index contributed by atoms with van der Waals surface area (Å²) < 4.78 is 6.33. The maximum absolute atomic E-state index is 11.4. The van der Waals surface area contributed by atoms with Crippen molar-refractivity contribution >= 4 is 15.9 Å². The first-order valence-electron chi connectivity index (χ1n) is 4.64. The maximum Gasteiger partial charge on any atom is 0.311 e. The van der Waals surface area contributed by atoms with E-state index in [0.29, 0.717) is 5.75 Å². The molecule has 4 nitrogen and oxygen atoms in total. The van der Waals surface area contributed by atoms with E-state index in [1.54, 1.807) is 6.07 Å². The van der Waals surface area contributed by atoms with Crippen LogP contribution < -0.4 is 10.3 Å². The fraction of sp³-hybridized carbons (Fsp3) is 0.0909. The number of hydrogen-bond donors (Lipinski definition) is 1. The Labute approximate surface area is 100 Å². The number of nitrogens with zero attached hydrogens (tertiary/aromatic N) is 1. The second-order valence-electron chi connectivity index (χ2n) is 3.24. The van der Waals surface area contributed by atoms with Gasteiger partial charge in [0.2, 0.25) is 0 Å². The molecule has 2 rings (SSSR count). The molecule has 0 aliphatic rings. The second-order valence-corrected chi connectivity index (χ2v) is 4.15. The van der Waals surface area contributed by atoms with E-state index in [1.807, 2.05) is 19.1 Å². The molecule has 1 heterocycles. The third-order valence-corrected chi connectivity index (χ3v) is 2.53. The molecule has 5 heteroatoms. The molecular weight excluding hydrogens is 272 g/mol. The van der Waals surface area contributed by atoms with Gasteiger partial charge in [0, 0.05) is 16.9 Å². The highest BCUT2D eigenvalue weighted by Crippen LogP contribution is 2.25. The minimum atomic E-state index is -0.345. The molecule has 0 saturated heterocycles. The number of nitrogens with one attached hydrogen (secondary N) is 1. The Kier molecular flexibility index (Phi) is 3.05. The number of aromatic amines is 1. The van der Waals surface area contributed by atoms with Gasteiger partial charge in [0.15, 0.2) is 0 Å². The number of H-pyrrole nitrogens is 1. The second kappa shape index (κ2) is 4.49. The molecule has 0 amide bonds. The summed E-state index contributed by atoms with van der Waals surface area (Å²) in [6, 6.07) is 5.60. The van der Waals surface area contributed by atoms with Crippen molar-refractivity contribution in [2.45, 2.75) is 6.92 Å². The molecule has 0 aliphatic carbocycles. The molecule has 16 heavy (non-hydrogen) atoms. The molecule has 0 bridgehead atoms. The van der Waals surface area contributed by atoms with E-state index in [2.05, 4.69) is 25.9 Å². The fourth-order valence-electron chi connectivity index (χ4n) is 1.20. The third-order valence-electron chi connectivity index (χ3n) is 2.03. The van der Waals surface area contributed by atoms with Gasteiger partial charge in [0.05, 0.1) is 0 Å². The first-order valence-corrected chi connectivity index (χ1v) is 5.44. The summed E-state index contributed by atoms with van der Waals surface area (Å²) in [4.78, 5) is 17.7. The van der Waals surface area contributed by atoms with Crippen molar-refractivity contribution in [3.05, 3.63) is 51.0 Å². The topological polar surface area (TPSA) is 55.0 Å². The van der Waals surface area contributed by atoms with Gasteiger partial charge in [-0.2, -0.15) is 0 Å². The Morgan fingerprint density at radius 3 is 3.00 bits per heavy atom. The molecule has 0 radical (unpaired) electrons. The Morgan fingerprint density at radius 1 is 1.44 bits per heavy atom. The van der Waals surface area contributed by atoms with Crippen LogP contribution in [0.5, 0.6) is 11.6 Å². The molecule has 1 aromatic carbocycles. The van der Waals surface area contributed by atoms with E-state index < -0.39 is 0 Å². The molecule has 0 atom stereocenters. The molecule has 0 saturated carbocycles. The molecular formula is C11H9BrN2O2. The molecule has 82 valence electrons. The van der Waals surface area contributed by atoms with Gasteiger partial charge in [-0.05, 0) is 24.6 Å². The number of aryl methyl sites for hydroxylation is 1. The average molecular weight is 281 g/mol. The fourth-order valence-corrected chi connectivity index (χ4v) is 1.54. The van der Waals surface area contributed by atoms with Gasteiger partial charge in [0.1, 0.15) is 5.75 Å². The maximum atomic E-state index is 11.4. The summed E-state index contributed by atoms with van der Waals surface area (Å²) in [5, 5.41) is 0. The van der Waals surface area contributed by atoms with Gasteiger partial charge in [-0.1, -0.05) is 22.0 Å². The van der Waals surface area contributed by atoms with Crippen LogP contribution in [0.25, 0.3) is 0 Å². The zero-order valence-electron chi connectivity index (χ0n) is 8.53. The molecule has 1 N–H and O–H groups in total. The summed E-state index contributed by atoms with van der Waals surface area (Å²) in [7, 11) is 0. The highest BCUT2D eigenvalue weighted by atomic mass is 79.9. The molecule has 0 unspecified atom stereocenters. The van der Waals surface area contributed by atoms with Gasteiger partial charge in [-0.25, -0.2) is 4.98 Å². The summed E-state index contributed by atoms with van der Waals surface area (Å²) in [5.41, 5.74) is 0.593. The predicted octanol–water partition coefficient (Wildman–Crippen LogP) is 2.63. The van der Waals surface area contributed by atoms with E-state index in [4.69, 9.17) is 4.74 Å². The molecule has 0 spiro atoms. The Bertz CT molecular complexity index is 566. The minimum absolute atomic E-state index is 0.0451. The third kappa shape index (κ3) is 2.30. The normalized spacial score (nSPS) is 10.1. The summed E-state index contributed by atoms with van der Waals surface area (Å²) in [6.45, 7) is 1.90. The van der Waals surface area contributed by atoms with Crippen LogP contribution in [-0.2, 0) is 0 Å². The lowest BCUT2D eigenvalue weighted by Crippen LogP contribution is -2.09. The number of aromatic nitrogens is 2. The lowest BCUT2D eigenvalue weighted by Gasteiger charge is -2.06. The van der Waals surface area contributed by atoms with Gasteiger partial charge >= 0.3 is 5.56 Å². The van der Waals surface area contributed by atoms with Crippen LogP contribution in [-0.4, -0.2) is 9.97 Å².